The maximum Gasteiger partial charge on any atom is 0.233 e. The van der Waals surface area contributed by atoms with Gasteiger partial charge in [0.2, 0.25) is 5.88 Å². The molecule has 1 aromatic heterocycles. The van der Waals surface area contributed by atoms with Gasteiger partial charge in [0.1, 0.15) is 6.61 Å². The van der Waals surface area contributed by atoms with Gasteiger partial charge in [-0.3, -0.25) is 0 Å². The van der Waals surface area contributed by atoms with Crippen molar-refractivity contribution in [3.8, 4) is 17.1 Å². The maximum absolute atomic E-state index is 5.86. The van der Waals surface area contributed by atoms with E-state index >= 15 is 0 Å². The largest absolute Gasteiger partial charge is 0.472 e. The molecule has 3 heteroatoms. The van der Waals surface area contributed by atoms with Gasteiger partial charge < -0.3 is 4.74 Å². The first-order valence-electron chi connectivity index (χ1n) is 13.4. The minimum atomic E-state index is 0.511. The molecule has 0 amide bonds. The van der Waals surface area contributed by atoms with Crippen LogP contribution in [0.4, 0.5) is 0 Å². The van der Waals surface area contributed by atoms with Crippen LogP contribution < -0.4 is 4.74 Å². The van der Waals surface area contributed by atoms with Crippen molar-refractivity contribution < 1.29 is 4.74 Å². The second-order valence-electron chi connectivity index (χ2n) is 9.39. The van der Waals surface area contributed by atoms with Gasteiger partial charge in [0.15, 0.2) is 0 Å². The quantitative estimate of drug-likeness (QED) is 0.201. The van der Waals surface area contributed by atoms with Gasteiger partial charge in [-0.05, 0) is 48.4 Å². The summed E-state index contributed by atoms with van der Waals surface area (Å²) < 4.78 is 5.86. The summed E-state index contributed by atoms with van der Waals surface area (Å²) >= 11 is 0. The van der Waals surface area contributed by atoms with Crippen molar-refractivity contribution >= 4 is 0 Å². The van der Waals surface area contributed by atoms with Gasteiger partial charge in [0.05, 0.1) is 5.69 Å². The van der Waals surface area contributed by atoms with Gasteiger partial charge in [-0.1, -0.05) is 114 Å². The third-order valence-electron chi connectivity index (χ3n) is 6.44. The number of aryl methyl sites for hydroxylation is 2. The van der Waals surface area contributed by atoms with Crippen LogP contribution in [-0.2, 0) is 19.4 Å². The smallest absolute Gasteiger partial charge is 0.233 e. The third kappa shape index (κ3) is 9.29. The molecule has 0 fully saturated rings. The summed E-state index contributed by atoms with van der Waals surface area (Å²) in [5.74, 6) is 0.562. The summed E-state index contributed by atoms with van der Waals surface area (Å²) in [4.78, 5) is 0. The van der Waals surface area contributed by atoms with Crippen LogP contribution >= 0.6 is 0 Å². The molecule has 0 atom stereocenters. The molecule has 1 heterocycles. The molecule has 0 saturated heterocycles. The molecule has 0 radical (unpaired) electrons. The first kappa shape index (κ1) is 25.9. The Labute approximate surface area is 207 Å². The molecule has 3 rings (SSSR count). The average molecular weight is 459 g/mol. The zero-order chi connectivity index (χ0) is 23.8. The zero-order valence-electron chi connectivity index (χ0n) is 21.3. The van der Waals surface area contributed by atoms with Crippen LogP contribution in [0.1, 0.15) is 94.7 Å². The molecule has 3 nitrogen and oxygen atoms in total. The summed E-state index contributed by atoms with van der Waals surface area (Å²) in [5.41, 5.74) is 5.94. The Bertz CT molecular complexity index is 917. The molecule has 182 valence electrons. The lowest BCUT2D eigenvalue weighted by Crippen LogP contribution is -1.99. The number of unbranched alkanes of at least 4 members (excludes halogenated alkanes) is 8. The van der Waals surface area contributed by atoms with Crippen LogP contribution in [-0.4, -0.2) is 10.2 Å². The first-order valence-corrected chi connectivity index (χ1v) is 13.4. The van der Waals surface area contributed by atoms with Crippen molar-refractivity contribution in [2.75, 3.05) is 0 Å². The van der Waals surface area contributed by atoms with Crippen molar-refractivity contribution in [3.05, 3.63) is 77.4 Å². The summed E-state index contributed by atoms with van der Waals surface area (Å²) in [6, 6.07) is 21.4. The molecular formula is C31H42N2O. The second-order valence-corrected chi connectivity index (χ2v) is 9.39. The van der Waals surface area contributed by atoms with Gasteiger partial charge in [0, 0.05) is 11.6 Å². The van der Waals surface area contributed by atoms with Crippen molar-refractivity contribution in [1.82, 2.24) is 10.2 Å². The molecule has 0 aliphatic rings. The Morgan fingerprint density at radius 3 is 1.65 bits per heavy atom. The Hall–Kier alpha value is -2.68. The number of hydrogen-bond acceptors (Lipinski definition) is 3. The maximum atomic E-state index is 5.86. The van der Waals surface area contributed by atoms with E-state index in [4.69, 9.17) is 4.74 Å². The summed E-state index contributed by atoms with van der Waals surface area (Å²) in [7, 11) is 0. The highest BCUT2D eigenvalue weighted by Gasteiger charge is 2.04. The number of hydrogen-bond donors (Lipinski definition) is 0. The van der Waals surface area contributed by atoms with E-state index in [0.29, 0.717) is 12.5 Å². The molecular weight excluding hydrogens is 416 g/mol. The fraction of sp³-hybridized carbons (Fsp3) is 0.484. The molecule has 2 aromatic carbocycles. The predicted molar refractivity (Wildman–Crippen MR) is 143 cm³/mol. The highest BCUT2D eigenvalue weighted by molar-refractivity contribution is 5.59. The lowest BCUT2D eigenvalue weighted by atomic mass is 10.0. The molecule has 0 aliphatic carbocycles. The molecule has 0 saturated carbocycles. The summed E-state index contributed by atoms with van der Waals surface area (Å²) in [5, 5.41) is 8.66. The van der Waals surface area contributed by atoms with E-state index < -0.39 is 0 Å². The lowest BCUT2D eigenvalue weighted by Gasteiger charge is -2.07. The van der Waals surface area contributed by atoms with Crippen molar-refractivity contribution in [2.45, 2.75) is 97.5 Å². The number of aromatic nitrogens is 2. The number of nitrogens with zero attached hydrogens (tertiary/aromatic N) is 2. The molecule has 0 unspecified atom stereocenters. The minimum Gasteiger partial charge on any atom is -0.472 e. The van der Waals surface area contributed by atoms with E-state index in [1.165, 1.54) is 75.3 Å². The van der Waals surface area contributed by atoms with E-state index in [9.17, 15) is 0 Å². The van der Waals surface area contributed by atoms with Crippen LogP contribution in [0.15, 0.2) is 60.7 Å². The van der Waals surface area contributed by atoms with Crippen molar-refractivity contribution in [2.24, 2.45) is 0 Å². The van der Waals surface area contributed by atoms with Crippen LogP contribution in [0.5, 0.6) is 5.88 Å². The monoisotopic (exact) mass is 458 g/mol. The summed E-state index contributed by atoms with van der Waals surface area (Å²) in [6.07, 6.45) is 15.5. The lowest BCUT2D eigenvalue weighted by molar-refractivity contribution is 0.290. The standard InChI is InChI=1S/C31H42N2O/c1-3-5-7-9-10-12-14-27-19-21-29(22-20-27)30-23-24-31(33-32-30)34-25-28-17-15-26(16-18-28)13-11-8-6-4-2/h15-24H,3-14,25H2,1-2H3. The SMILES string of the molecule is CCCCCCCCc1ccc(-c2ccc(OCc3ccc(CCCCCC)cc3)nn2)cc1. The molecule has 0 spiro atoms. The highest BCUT2D eigenvalue weighted by atomic mass is 16.5. The minimum absolute atomic E-state index is 0.511. The summed E-state index contributed by atoms with van der Waals surface area (Å²) in [6.45, 7) is 5.03. The topological polar surface area (TPSA) is 35.0 Å². The predicted octanol–water partition coefficient (Wildman–Crippen LogP) is 8.75. The molecule has 0 bridgehead atoms. The van der Waals surface area contributed by atoms with Crippen molar-refractivity contribution in [1.29, 1.82) is 0 Å². The van der Waals surface area contributed by atoms with Crippen LogP contribution in [0.2, 0.25) is 0 Å². The van der Waals surface area contributed by atoms with E-state index in [-0.39, 0.29) is 0 Å². The van der Waals surface area contributed by atoms with E-state index in [0.717, 1.165) is 29.7 Å². The van der Waals surface area contributed by atoms with E-state index in [1.54, 1.807) is 0 Å². The Morgan fingerprint density at radius 2 is 1.06 bits per heavy atom. The molecule has 0 aliphatic heterocycles. The Kier molecular flexibility index (Phi) is 11.6. The van der Waals surface area contributed by atoms with Crippen LogP contribution in [0.3, 0.4) is 0 Å². The number of ether oxygens (including phenoxy) is 1. The fourth-order valence-corrected chi connectivity index (χ4v) is 4.22. The fourth-order valence-electron chi connectivity index (χ4n) is 4.22. The number of rotatable bonds is 16. The molecule has 3 aromatic rings. The van der Waals surface area contributed by atoms with E-state index in [2.05, 4.69) is 72.6 Å². The average Bonchev–Trinajstić information content (AvgIpc) is 2.89. The molecule has 0 N–H and O–H groups in total. The zero-order valence-corrected chi connectivity index (χ0v) is 21.3. The second kappa shape index (κ2) is 15.3. The van der Waals surface area contributed by atoms with Gasteiger partial charge in [0.25, 0.3) is 0 Å². The van der Waals surface area contributed by atoms with Gasteiger partial charge in [-0.15, -0.1) is 10.2 Å². The highest BCUT2D eigenvalue weighted by Crippen LogP contribution is 2.20. The van der Waals surface area contributed by atoms with Gasteiger partial charge >= 0.3 is 0 Å². The first-order chi connectivity index (χ1) is 16.8. The number of benzene rings is 2. The van der Waals surface area contributed by atoms with Crippen LogP contribution in [0.25, 0.3) is 11.3 Å². The van der Waals surface area contributed by atoms with Gasteiger partial charge in [-0.25, -0.2) is 0 Å². The van der Waals surface area contributed by atoms with Crippen LogP contribution in [0, 0.1) is 0 Å². The molecule has 34 heavy (non-hydrogen) atoms. The Balaban J connectivity index is 1.41. The normalized spacial score (nSPS) is 11.0. The van der Waals surface area contributed by atoms with Gasteiger partial charge in [-0.2, -0.15) is 0 Å². The van der Waals surface area contributed by atoms with Crippen molar-refractivity contribution in [3.63, 3.8) is 0 Å². The van der Waals surface area contributed by atoms with E-state index in [1.807, 2.05) is 12.1 Å². The third-order valence-corrected chi connectivity index (χ3v) is 6.44. The Morgan fingerprint density at radius 1 is 0.529 bits per heavy atom.